The number of thioether (sulfide) groups is 1. The van der Waals surface area contributed by atoms with Crippen LogP contribution in [-0.2, 0) is 14.8 Å². The van der Waals surface area contributed by atoms with Crippen LogP contribution >= 0.6 is 35.0 Å². The van der Waals surface area contributed by atoms with Crippen molar-refractivity contribution < 1.29 is 17.9 Å². The molecule has 1 unspecified atom stereocenters. The zero-order valence-corrected chi connectivity index (χ0v) is 19.1. The molecule has 0 saturated heterocycles. The van der Waals surface area contributed by atoms with Crippen LogP contribution in [0.1, 0.15) is 13.3 Å². The van der Waals surface area contributed by atoms with Crippen LogP contribution in [0.5, 0.6) is 5.75 Å². The van der Waals surface area contributed by atoms with Crippen molar-refractivity contribution in [3.63, 3.8) is 0 Å². The second-order valence-electron chi connectivity index (χ2n) is 5.95. The van der Waals surface area contributed by atoms with Gasteiger partial charge in [0.25, 0.3) is 0 Å². The molecule has 0 aliphatic rings. The summed E-state index contributed by atoms with van der Waals surface area (Å²) in [4.78, 5) is 12.8. The molecule has 2 rings (SSSR count). The van der Waals surface area contributed by atoms with Crippen molar-refractivity contribution in [2.24, 2.45) is 0 Å². The number of benzene rings is 2. The van der Waals surface area contributed by atoms with Gasteiger partial charge in [0.15, 0.2) is 0 Å². The molecule has 0 bridgehead atoms. The third-order valence-electron chi connectivity index (χ3n) is 3.87. The molecule has 0 saturated carbocycles. The minimum absolute atomic E-state index is 0.0661. The monoisotopic (exact) mass is 476 g/mol. The first-order valence-corrected chi connectivity index (χ1v) is 12.4. The third-order valence-corrected chi connectivity index (χ3v) is 6.72. The van der Waals surface area contributed by atoms with Crippen LogP contribution in [0.2, 0.25) is 10.0 Å². The van der Waals surface area contributed by atoms with Crippen molar-refractivity contribution in [2.75, 3.05) is 23.9 Å². The summed E-state index contributed by atoms with van der Waals surface area (Å²) in [6, 6.07) is 9.99. The van der Waals surface area contributed by atoms with Crippen molar-refractivity contribution in [1.82, 2.24) is 4.72 Å². The number of anilines is 1. The van der Waals surface area contributed by atoms with Crippen LogP contribution in [0.25, 0.3) is 0 Å². The maximum atomic E-state index is 12.9. The van der Waals surface area contributed by atoms with Crippen LogP contribution in [-0.4, -0.2) is 39.0 Å². The minimum Gasteiger partial charge on any atom is -0.492 e. The molecule has 29 heavy (non-hydrogen) atoms. The molecular weight excluding hydrogens is 455 g/mol. The number of halogens is 2. The summed E-state index contributed by atoms with van der Waals surface area (Å²) >= 11 is 13.3. The number of ether oxygens (including phenoxy) is 1. The van der Waals surface area contributed by atoms with Gasteiger partial charge in [-0.3, -0.25) is 4.79 Å². The Morgan fingerprint density at radius 1 is 1.17 bits per heavy atom. The Morgan fingerprint density at radius 2 is 1.90 bits per heavy atom. The first-order valence-electron chi connectivity index (χ1n) is 8.77. The Bertz CT molecular complexity index is 955. The Labute approximate surface area is 185 Å². The van der Waals surface area contributed by atoms with E-state index >= 15 is 0 Å². The molecule has 6 nitrogen and oxygen atoms in total. The highest BCUT2D eigenvalue weighted by molar-refractivity contribution is 7.98. The Kier molecular flexibility index (Phi) is 9.10. The van der Waals surface area contributed by atoms with E-state index in [-0.39, 0.29) is 14.9 Å². The van der Waals surface area contributed by atoms with Crippen LogP contribution in [0.4, 0.5) is 5.69 Å². The average molecular weight is 477 g/mol. The zero-order valence-electron chi connectivity index (χ0n) is 15.9. The van der Waals surface area contributed by atoms with Gasteiger partial charge in [-0.1, -0.05) is 35.3 Å². The lowest BCUT2D eigenvalue weighted by Crippen LogP contribution is -2.44. The van der Waals surface area contributed by atoms with Gasteiger partial charge in [0.05, 0.1) is 27.2 Å². The number of carbonyl (C=O) groups excluding carboxylic acids is 1. The molecule has 2 aromatic carbocycles. The summed E-state index contributed by atoms with van der Waals surface area (Å²) in [5.74, 6) is 0.629. The first-order chi connectivity index (χ1) is 13.8. The summed E-state index contributed by atoms with van der Waals surface area (Å²) in [6.45, 7) is 2.28. The summed E-state index contributed by atoms with van der Waals surface area (Å²) in [7, 11) is -3.98. The van der Waals surface area contributed by atoms with E-state index in [2.05, 4.69) is 10.0 Å². The van der Waals surface area contributed by atoms with E-state index in [9.17, 15) is 13.2 Å². The summed E-state index contributed by atoms with van der Waals surface area (Å²) in [5.41, 5.74) is 0.474. The minimum atomic E-state index is -3.98. The van der Waals surface area contributed by atoms with E-state index in [1.54, 1.807) is 24.3 Å². The number of nitrogens with one attached hydrogen (secondary N) is 2. The van der Waals surface area contributed by atoms with E-state index in [4.69, 9.17) is 27.9 Å². The molecule has 0 fully saturated rings. The van der Waals surface area contributed by atoms with E-state index in [0.717, 1.165) is 0 Å². The van der Waals surface area contributed by atoms with Gasteiger partial charge in [-0.25, -0.2) is 8.42 Å². The Morgan fingerprint density at radius 3 is 2.55 bits per heavy atom. The van der Waals surface area contributed by atoms with E-state index in [1.165, 1.54) is 30.0 Å². The SMILES string of the molecule is CCOc1ccccc1NC(=O)C(CCSC)NS(=O)(=O)c1ccc(Cl)c(Cl)c1. The van der Waals surface area contributed by atoms with E-state index in [0.29, 0.717) is 30.2 Å². The molecule has 2 N–H and O–H groups in total. The highest BCUT2D eigenvalue weighted by atomic mass is 35.5. The molecule has 0 aliphatic heterocycles. The van der Waals surface area contributed by atoms with Gasteiger partial charge < -0.3 is 10.1 Å². The molecular formula is C19H22Cl2N2O4S2. The van der Waals surface area contributed by atoms with Crippen LogP contribution < -0.4 is 14.8 Å². The molecule has 10 heteroatoms. The van der Waals surface area contributed by atoms with Gasteiger partial charge in [0, 0.05) is 0 Å². The van der Waals surface area contributed by atoms with Gasteiger partial charge in [0.1, 0.15) is 11.8 Å². The number of hydrogen-bond acceptors (Lipinski definition) is 5. The van der Waals surface area contributed by atoms with Crippen LogP contribution in [0.15, 0.2) is 47.4 Å². The molecule has 1 amide bonds. The van der Waals surface area contributed by atoms with Crippen molar-refractivity contribution in [1.29, 1.82) is 0 Å². The number of rotatable bonds is 10. The fourth-order valence-electron chi connectivity index (χ4n) is 2.45. The van der Waals surface area contributed by atoms with Crippen molar-refractivity contribution in [3.05, 3.63) is 52.5 Å². The second-order valence-corrected chi connectivity index (χ2v) is 9.46. The summed E-state index contributed by atoms with van der Waals surface area (Å²) < 4.78 is 33.5. The lowest BCUT2D eigenvalue weighted by atomic mass is 10.2. The van der Waals surface area contributed by atoms with Gasteiger partial charge in [-0.15, -0.1) is 0 Å². The number of carbonyl (C=O) groups is 1. The second kappa shape index (κ2) is 11.1. The standard InChI is InChI=1S/C19H22Cl2N2O4S2/c1-3-27-18-7-5-4-6-16(18)22-19(24)17(10-11-28-2)23-29(25,26)13-8-9-14(20)15(21)12-13/h4-9,12,17,23H,3,10-11H2,1-2H3,(H,22,24). The highest BCUT2D eigenvalue weighted by Gasteiger charge is 2.26. The van der Waals surface area contributed by atoms with E-state index in [1.807, 2.05) is 13.2 Å². The smallest absolute Gasteiger partial charge is 0.242 e. The predicted molar refractivity (Wildman–Crippen MR) is 120 cm³/mol. The van der Waals surface area contributed by atoms with Crippen LogP contribution in [0.3, 0.4) is 0 Å². The fourth-order valence-corrected chi connectivity index (χ4v) is 4.54. The highest BCUT2D eigenvalue weighted by Crippen LogP contribution is 2.26. The fraction of sp³-hybridized carbons (Fsp3) is 0.316. The van der Waals surface area contributed by atoms with Gasteiger partial charge in [-0.2, -0.15) is 16.5 Å². The summed E-state index contributed by atoms with van der Waals surface area (Å²) in [5, 5.41) is 3.11. The van der Waals surface area contributed by atoms with Gasteiger partial charge in [-0.05, 0) is 55.7 Å². The van der Waals surface area contributed by atoms with Crippen molar-refractivity contribution >= 4 is 56.6 Å². The Hall–Kier alpha value is -1.45. The molecule has 0 spiro atoms. The maximum Gasteiger partial charge on any atom is 0.242 e. The summed E-state index contributed by atoms with van der Waals surface area (Å²) in [6.07, 6.45) is 2.19. The van der Waals surface area contributed by atoms with Crippen molar-refractivity contribution in [3.8, 4) is 5.75 Å². The lowest BCUT2D eigenvalue weighted by Gasteiger charge is -2.19. The van der Waals surface area contributed by atoms with Gasteiger partial charge >= 0.3 is 0 Å². The van der Waals surface area contributed by atoms with Gasteiger partial charge in [0.2, 0.25) is 15.9 Å². The molecule has 1 atom stereocenters. The Balaban J connectivity index is 2.24. The molecule has 0 aliphatic carbocycles. The average Bonchev–Trinajstić information content (AvgIpc) is 2.68. The molecule has 0 radical (unpaired) electrons. The van der Waals surface area contributed by atoms with Crippen molar-refractivity contribution in [2.45, 2.75) is 24.3 Å². The van der Waals surface area contributed by atoms with Crippen LogP contribution in [0, 0.1) is 0 Å². The quantitative estimate of drug-likeness (QED) is 0.529. The first kappa shape index (κ1) is 23.8. The lowest BCUT2D eigenvalue weighted by molar-refractivity contribution is -0.117. The molecule has 0 aromatic heterocycles. The number of hydrogen-bond donors (Lipinski definition) is 2. The molecule has 0 heterocycles. The third kappa shape index (κ3) is 6.79. The number of amides is 1. The number of para-hydroxylation sites is 2. The molecule has 158 valence electrons. The molecule has 2 aromatic rings. The normalized spacial score (nSPS) is 12.4. The van der Waals surface area contributed by atoms with E-state index < -0.39 is 22.0 Å². The largest absolute Gasteiger partial charge is 0.492 e. The predicted octanol–water partition coefficient (Wildman–Crippen LogP) is 4.43. The topological polar surface area (TPSA) is 84.5 Å². The number of sulfonamides is 1. The maximum absolute atomic E-state index is 12.9. The zero-order chi connectivity index (χ0) is 21.4.